The van der Waals surface area contributed by atoms with E-state index >= 15 is 0 Å². The minimum absolute atomic E-state index is 0.0212. The second-order valence-corrected chi connectivity index (χ2v) is 6.91. The molecule has 3 rings (SSSR count). The zero-order chi connectivity index (χ0) is 20.9. The Labute approximate surface area is 173 Å². The van der Waals surface area contributed by atoms with Crippen LogP contribution in [0, 0.1) is 0 Å². The van der Waals surface area contributed by atoms with Gasteiger partial charge in [-0.05, 0) is 30.2 Å². The summed E-state index contributed by atoms with van der Waals surface area (Å²) in [6.07, 6.45) is 0.362. The molecule has 1 aliphatic rings. The summed E-state index contributed by atoms with van der Waals surface area (Å²) in [5, 5.41) is 3.26. The summed E-state index contributed by atoms with van der Waals surface area (Å²) in [7, 11) is 0. The smallest absolute Gasteiger partial charge is 0.326 e. The minimum atomic E-state index is -1.17. The number of esters is 1. The Morgan fingerprint density at radius 2 is 1.86 bits per heavy atom. The summed E-state index contributed by atoms with van der Waals surface area (Å²) in [6, 6.07) is 15.2. The van der Waals surface area contributed by atoms with Gasteiger partial charge in [0.25, 0.3) is 5.91 Å². The van der Waals surface area contributed by atoms with Gasteiger partial charge in [0.15, 0.2) is 0 Å². The number of nitrogens with zero attached hydrogens (tertiary/aromatic N) is 1. The molecule has 0 radical (unpaired) electrons. The maximum absolute atomic E-state index is 12.9. The molecular formula is C21H21ClN2O5. The maximum atomic E-state index is 12.9. The molecule has 0 aromatic heterocycles. The summed E-state index contributed by atoms with van der Waals surface area (Å²) < 4.78 is 10.5. The van der Waals surface area contributed by atoms with Crippen molar-refractivity contribution < 1.29 is 23.9 Å². The van der Waals surface area contributed by atoms with Crippen LogP contribution < -0.4 is 10.1 Å². The van der Waals surface area contributed by atoms with E-state index in [9.17, 15) is 14.4 Å². The number of amides is 3. The summed E-state index contributed by atoms with van der Waals surface area (Å²) >= 11 is 5.87. The second kappa shape index (κ2) is 8.96. The monoisotopic (exact) mass is 416 g/mol. The topological polar surface area (TPSA) is 84.9 Å². The van der Waals surface area contributed by atoms with E-state index in [1.807, 2.05) is 6.07 Å². The zero-order valence-electron chi connectivity index (χ0n) is 15.9. The number of benzene rings is 2. The van der Waals surface area contributed by atoms with Crippen LogP contribution in [0.25, 0.3) is 0 Å². The predicted molar refractivity (Wildman–Crippen MR) is 107 cm³/mol. The van der Waals surface area contributed by atoms with Gasteiger partial charge in [-0.2, -0.15) is 0 Å². The van der Waals surface area contributed by atoms with Crippen LogP contribution in [0.15, 0.2) is 54.6 Å². The predicted octanol–water partition coefficient (Wildman–Crippen LogP) is 3.12. The van der Waals surface area contributed by atoms with E-state index in [4.69, 9.17) is 21.1 Å². The van der Waals surface area contributed by atoms with Crippen molar-refractivity contribution in [2.24, 2.45) is 0 Å². The highest BCUT2D eigenvalue weighted by Gasteiger charge is 2.51. The molecule has 7 nitrogen and oxygen atoms in total. The molecule has 1 unspecified atom stereocenters. The molecule has 0 spiro atoms. The lowest BCUT2D eigenvalue weighted by molar-refractivity contribution is -0.148. The van der Waals surface area contributed by atoms with Crippen LogP contribution >= 0.6 is 11.6 Å². The van der Waals surface area contributed by atoms with Crippen LogP contribution in [-0.4, -0.2) is 42.6 Å². The largest absolute Gasteiger partial charge is 0.490 e. The summed E-state index contributed by atoms with van der Waals surface area (Å²) in [5.41, 5.74) is -0.499. The fraction of sp³-hybridized carbons (Fsp3) is 0.286. The first-order chi connectivity index (χ1) is 14.0. The average molecular weight is 417 g/mol. The standard InChI is InChI=1S/C21H21ClN2O5/c1-2-21(15-7-4-3-5-8-15)19(26)24(20(27)23-21)14-18(25)29-12-11-28-17-10-6-9-16(22)13-17/h3-10,13H,2,11-12,14H2,1H3,(H,23,27). The van der Waals surface area contributed by atoms with E-state index < -0.39 is 30.0 Å². The molecule has 29 heavy (non-hydrogen) atoms. The number of nitrogens with one attached hydrogen (secondary N) is 1. The lowest BCUT2D eigenvalue weighted by atomic mass is 9.87. The van der Waals surface area contributed by atoms with Gasteiger partial charge < -0.3 is 14.8 Å². The van der Waals surface area contributed by atoms with Crippen LogP contribution in [0.3, 0.4) is 0 Å². The first-order valence-corrected chi connectivity index (χ1v) is 9.57. The summed E-state index contributed by atoms with van der Waals surface area (Å²) in [5.74, 6) is -0.607. The molecule has 8 heteroatoms. The number of carbonyl (C=O) groups excluding carboxylic acids is 3. The van der Waals surface area contributed by atoms with Crippen LogP contribution in [0.4, 0.5) is 4.79 Å². The van der Waals surface area contributed by atoms with Gasteiger partial charge in [0.1, 0.15) is 31.0 Å². The maximum Gasteiger partial charge on any atom is 0.326 e. The average Bonchev–Trinajstić information content (AvgIpc) is 2.97. The molecule has 1 N–H and O–H groups in total. The molecule has 1 aliphatic heterocycles. The number of halogens is 1. The molecule has 152 valence electrons. The molecule has 1 fully saturated rings. The third kappa shape index (κ3) is 4.51. The van der Waals surface area contributed by atoms with Crippen molar-refractivity contribution in [3.8, 4) is 5.75 Å². The molecule has 1 atom stereocenters. The quantitative estimate of drug-likeness (QED) is 0.406. The molecule has 3 amide bonds. The van der Waals surface area contributed by atoms with Gasteiger partial charge in [-0.15, -0.1) is 0 Å². The van der Waals surface area contributed by atoms with Gasteiger partial charge in [-0.3, -0.25) is 14.5 Å². The zero-order valence-corrected chi connectivity index (χ0v) is 16.6. The number of hydrogen-bond acceptors (Lipinski definition) is 5. The third-order valence-electron chi connectivity index (χ3n) is 4.67. The van der Waals surface area contributed by atoms with Gasteiger partial charge >= 0.3 is 12.0 Å². The number of urea groups is 1. The van der Waals surface area contributed by atoms with Crippen molar-refractivity contribution >= 4 is 29.5 Å². The normalized spacial score (nSPS) is 18.5. The van der Waals surface area contributed by atoms with Crippen LogP contribution in [0.5, 0.6) is 5.75 Å². The van der Waals surface area contributed by atoms with Crippen LogP contribution in [0.2, 0.25) is 5.02 Å². The highest BCUT2D eigenvalue weighted by Crippen LogP contribution is 2.32. The van der Waals surface area contributed by atoms with E-state index in [1.54, 1.807) is 55.5 Å². The van der Waals surface area contributed by atoms with Crippen molar-refractivity contribution in [3.05, 3.63) is 65.2 Å². The SMILES string of the molecule is CCC1(c2ccccc2)NC(=O)N(CC(=O)OCCOc2cccc(Cl)c2)C1=O. The lowest BCUT2D eigenvalue weighted by Gasteiger charge is -2.25. The molecular weight excluding hydrogens is 396 g/mol. The lowest BCUT2D eigenvalue weighted by Crippen LogP contribution is -2.44. The Bertz CT molecular complexity index is 905. The molecule has 1 heterocycles. The Morgan fingerprint density at radius 1 is 1.10 bits per heavy atom. The Kier molecular flexibility index (Phi) is 6.39. The summed E-state index contributed by atoms with van der Waals surface area (Å²) in [6.45, 7) is 1.44. The van der Waals surface area contributed by atoms with Gasteiger partial charge in [0.2, 0.25) is 0 Å². The minimum Gasteiger partial charge on any atom is -0.490 e. The van der Waals surface area contributed by atoms with Crippen molar-refractivity contribution in [1.29, 1.82) is 0 Å². The molecule has 0 bridgehead atoms. The Balaban J connectivity index is 1.55. The van der Waals surface area contributed by atoms with E-state index in [0.29, 0.717) is 22.8 Å². The van der Waals surface area contributed by atoms with Crippen molar-refractivity contribution in [2.75, 3.05) is 19.8 Å². The molecule has 2 aromatic rings. The van der Waals surface area contributed by atoms with Crippen molar-refractivity contribution in [3.63, 3.8) is 0 Å². The fourth-order valence-electron chi connectivity index (χ4n) is 3.18. The van der Waals surface area contributed by atoms with Crippen molar-refractivity contribution in [1.82, 2.24) is 10.2 Å². The van der Waals surface area contributed by atoms with E-state index in [2.05, 4.69) is 5.32 Å². The highest BCUT2D eigenvalue weighted by molar-refractivity contribution is 6.30. The number of imide groups is 1. The van der Waals surface area contributed by atoms with Crippen molar-refractivity contribution in [2.45, 2.75) is 18.9 Å². The third-order valence-corrected chi connectivity index (χ3v) is 4.91. The van der Waals surface area contributed by atoms with E-state index in [0.717, 1.165) is 4.90 Å². The van der Waals surface area contributed by atoms with Crippen LogP contribution in [0.1, 0.15) is 18.9 Å². The number of rotatable bonds is 8. The van der Waals surface area contributed by atoms with Gasteiger partial charge in [-0.25, -0.2) is 4.79 Å². The first kappa shape index (κ1) is 20.7. The van der Waals surface area contributed by atoms with E-state index in [-0.39, 0.29) is 13.2 Å². The number of hydrogen-bond donors (Lipinski definition) is 1. The molecule has 0 aliphatic carbocycles. The van der Waals surface area contributed by atoms with Gasteiger partial charge in [0, 0.05) is 5.02 Å². The first-order valence-electron chi connectivity index (χ1n) is 9.20. The molecule has 2 aromatic carbocycles. The Hall–Kier alpha value is -3.06. The Morgan fingerprint density at radius 3 is 2.55 bits per heavy atom. The highest BCUT2D eigenvalue weighted by atomic mass is 35.5. The van der Waals surface area contributed by atoms with E-state index in [1.165, 1.54) is 0 Å². The second-order valence-electron chi connectivity index (χ2n) is 6.47. The van der Waals surface area contributed by atoms with Gasteiger partial charge in [-0.1, -0.05) is 54.9 Å². The number of carbonyl (C=O) groups is 3. The fourth-order valence-corrected chi connectivity index (χ4v) is 3.36. The van der Waals surface area contributed by atoms with Crippen LogP contribution in [-0.2, 0) is 19.9 Å². The van der Waals surface area contributed by atoms with Gasteiger partial charge in [0.05, 0.1) is 0 Å². The summed E-state index contributed by atoms with van der Waals surface area (Å²) in [4.78, 5) is 38.3. The molecule has 0 saturated carbocycles. The molecule has 1 saturated heterocycles. The number of ether oxygens (including phenoxy) is 2.